The fourth-order valence-corrected chi connectivity index (χ4v) is 6.17. The number of nitrogens with zero attached hydrogens (tertiary/aromatic N) is 1. The van der Waals surface area contributed by atoms with E-state index in [0.717, 1.165) is 35.5 Å². The number of rotatable bonds is 7. The van der Waals surface area contributed by atoms with Gasteiger partial charge in [-0.2, -0.15) is 0 Å². The van der Waals surface area contributed by atoms with Crippen LogP contribution in [-0.4, -0.2) is 17.7 Å². The van der Waals surface area contributed by atoms with E-state index in [1.807, 2.05) is 73.7 Å². The molecule has 4 rings (SSSR count). The SMILES string of the molecule is CCOc1ccc(N=C2NC(=O)/C(=C\c3cc(I)c(OCc4ccc(Cl)cc4)c(I)c3)S2)cc1. The molecule has 0 unspecified atom stereocenters. The zero-order valence-electron chi connectivity index (χ0n) is 18.0. The number of benzene rings is 3. The summed E-state index contributed by atoms with van der Waals surface area (Å²) in [4.78, 5) is 17.6. The van der Waals surface area contributed by atoms with Crippen LogP contribution in [0.25, 0.3) is 6.08 Å². The monoisotopic (exact) mass is 716 g/mol. The van der Waals surface area contributed by atoms with Gasteiger partial charge in [-0.25, -0.2) is 4.99 Å². The van der Waals surface area contributed by atoms with Crippen molar-refractivity contribution in [2.24, 2.45) is 4.99 Å². The topological polar surface area (TPSA) is 59.9 Å². The van der Waals surface area contributed by atoms with Gasteiger partial charge >= 0.3 is 0 Å². The van der Waals surface area contributed by atoms with Crippen molar-refractivity contribution in [3.8, 4) is 11.5 Å². The van der Waals surface area contributed by atoms with Crippen LogP contribution in [0.15, 0.2) is 70.6 Å². The third-order valence-corrected chi connectivity index (χ3v) is 7.41. The summed E-state index contributed by atoms with van der Waals surface area (Å²) in [5, 5.41) is 4.08. The number of ether oxygens (including phenoxy) is 2. The summed E-state index contributed by atoms with van der Waals surface area (Å²) in [7, 11) is 0. The number of hydrogen-bond donors (Lipinski definition) is 1. The number of hydrogen-bond acceptors (Lipinski definition) is 5. The number of halogens is 3. The maximum atomic E-state index is 12.5. The fourth-order valence-electron chi connectivity index (χ4n) is 3.07. The Morgan fingerprint density at radius 2 is 1.71 bits per heavy atom. The van der Waals surface area contributed by atoms with Gasteiger partial charge in [0.05, 0.1) is 24.3 Å². The van der Waals surface area contributed by atoms with Crippen LogP contribution in [0.5, 0.6) is 11.5 Å². The summed E-state index contributed by atoms with van der Waals surface area (Å²) in [6.07, 6.45) is 1.87. The lowest BCUT2D eigenvalue weighted by molar-refractivity contribution is -0.115. The van der Waals surface area contributed by atoms with E-state index in [2.05, 4.69) is 55.5 Å². The lowest BCUT2D eigenvalue weighted by atomic mass is 10.2. The maximum absolute atomic E-state index is 12.5. The van der Waals surface area contributed by atoms with Crippen LogP contribution in [0, 0.1) is 7.14 Å². The number of amides is 1. The molecule has 0 aliphatic carbocycles. The Kier molecular flexibility index (Phi) is 8.78. The first-order chi connectivity index (χ1) is 16.4. The molecule has 9 heteroatoms. The molecule has 34 heavy (non-hydrogen) atoms. The molecule has 0 aromatic heterocycles. The van der Waals surface area contributed by atoms with E-state index in [1.54, 1.807) is 0 Å². The minimum absolute atomic E-state index is 0.164. The fraction of sp³-hybridized carbons (Fsp3) is 0.120. The zero-order valence-corrected chi connectivity index (χ0v) is 23.9. The number of thioether (sulfide) groups is 1. The van der Waals surface area contributed by atoms with Crippen molar-refractivity contribution < 1.29 is 14.3 Å². The van der Waals surface area contributed by atoms with Gasteiger partial charge in [-0.05, 0) is 130 Å². The summed E-state index contributed by atoms with van der Waals surface area (Å²) in [6.45, 7) is 3.01. The Morgan fingerprint density at radius 3 is 2.35 bits per heavy atom. The van der Waals surface area contributed by atoms with Gasteiger partial charge in [-0.15, -0.1) is 0 Å². The summed E-state index contributed by atoms with van der Waals surface area (Å²) in [5.74, 6) is 1.45. The average molecular weight is 717 g/mol. The van der Waals surface area contributed by atoms with Gasteiger partial charge < -0.3 is 14.8 Å². The summed E-state index contributed by atoms with van der Waals surface area (Å²) in [6, 6.07) is 19.0. The molecule has 5 nitrogen and oxygen atoms in total. The predicted molar refractivity (Wildman–Crippen MR) is 156 cm³/mol. The largest absolute Gasteiger partial charge is 0.494 e. The molecule has 1 N–H and O–H groups in total. The molecule has 1 fully saturated rings. The van der Waals surface area contributed by atoms with Crippen LogP contribution in [0.2, 0.25) is 5.02 Å². The molecule has 1 saturated heterocycles. The number of nitrogens with one attached hydrogen (secondary N) is 1. The standard InChI is InChI=1S/C25H19ClI2N2O3S/c1-2-32-19-9-7-18(8-10-19)29-25-30-24(31)22(34-25)13-16-11-20(27)23(21(28)12-16)33-14-15-3-5-17(26)6-4-15/h3-13H,2,14H2,1H3,(H,29,30,31)/b22-13+. The van der Waals surface area contributed by atoms with E-state index in [0.29, 0.717) is 28.3 Å². The van der Waals surface area contributed by atoms with E-state index < -0.39 is 0 Å². The molecule has 1 heterocycles. The summed E-state index contributed by atoms with van der Waals surface area (Å²) >= 11 is 11.8. The van der Waals surface area contributed by atoms with E-state index >= 15 is 0 Å². The zero-order chi connectivity index (χ0) is 24.1. The van der Waals surface area contributed by atoms with Crippen LogP contribution in [0.1, 0.15) is 18.1 Å². The average Bonchev–Trinajstić information content (AvgIpc) is 3.14. The smallest absolute Gasteiger partial charge is 0.264 e. The molecule has 3 aromatic rings. The highest BCUT2D eigenvalue weighted by Gasteiger charge is 2.24. The molecule has 3 aromatic carbocycles. The first kappa shape index (κ1) is 25.3. The maximum Gasteiger partial charge on any atom is 0.264 e. The molecule has 0 spiro atoms. The lowest BCUT2D eigenvalue weighted by Crippen LogP contribution is -2.19. The Hall–Kier alpha value is -1.76. The van der Waals surface area contributed by atoms with Gasteiger partial charge in [-0.1, -0.05) is 23.7 Å². The van der Waals surface area contributed by atoms with E-state index in [1.165, 1.54) is 11.8 Å². The number of carbonyl (C=O) groups excluding carboxylic acids is 1. The highest BCUT2D eigenvalue weighted by molar-refractivity contribution is 14.1. The molecular formula is C25H19ClI2N2O3S. The van der Waals surface area contributed by atoms with E-state index in [4.69, 9.17) is 21.1 Å². The Labute approximate surface area is 234 Å². The van der Waals surface area contributed by atoms with Gasteiger partial charge in [0.2, 0.25) is 0 Å². The van der Waals surface area contributed by atoms with Crippen LogP contribution in [-0.2, 0) is 11.4 Å². The predicted octanol–water partition coefficient (Wildman–Crippen LogP) is 7.42. The van der Waals surface area contributed by atoms with Crippen molar-refractivity contribution in [1.29, 1.82) is 0 Å². The molecule has 1 aliphatic heterocycles. The number of aliphatic imine (C=N–C) groups is 1. The minimum Gasteiger partial charge on any atom is -0.494 e. The summed E-state index contributed by atoms with van der Waals surface area (Å²) in [5.41, 5.74) is 2.71. The van der Waals surface area contributed by atoms with Crippen molar-refractivity contribution >= 4 is 91.4 Å². The normalized spacial score (nSPS) is 15.6. The number of amidine groups is 1. The van der Waals surface area contributed by atoms with Crippen molar-refractivity contribution in [3.05, 3.63) is 88.9 Å². The quantitative estimate of drug-likeness (QED) is 0.204. The lowest BCUT2D eigenvalue weighted by Gasteiger charge is -2.12. The minimum atomic E-state index is -0.164. The highest BCUT2D eigenvalue weighted by atomic mass is 127. The Bertz CT molecular complexity index is 1240. The first-order valence-electron chi connectivity index (χ1n) is 10.3. The highest BCUT2D eigenvalue weighted by Crippen LogP contribution is 2.33. The molecular weight excluding hydrogens is 698 g/mol. The molecule has 1 aliphatic rings. The first-order valence-corrected chi connectivity index (χ1v) is 13.6. The van der Waals surface area contributed by atoms with Gasteiger partial charge in [0.25, 0.3) is 5.91 Å². The molecule has 1 amide bonds. The van der Waals surface area contributed by atoms with Crippen LogP contribution in [0.4, 0.5) is 5.69 Å². The van der Waals surface area contributed by atoms with Gasteiger partial charge in [0.1, 0.15) is 18.1 Å². The van der Waals surface area contributed by atoms with Crippen LogP contribution < -0.4 is 14.8 Å². The van der Waals surface area contributed by atoms with Gasteiger partial charge in [0, 0.05) is 5.02 Å². The molecule has 0 radical (unpaired) electrons. The van der Waals surface area contributed by atoms with Crippen molar-refractivity contribution in [3.63, 3.8) is 0 Å². The van der Waals surface area contributed by atoms with E-state index in [9.17, 15) is 4.79 Å². The second-order valence-corrected chi connectivity index (χ2v) is 10.9. The molecule has 0 saturated carbocycles. The molecule has 0 atom stereocenters. The van der Waals surface area contributed by atoms with Gasteiger partial charge in [0.15, 0.2) is 5.17 Å². The third-order valence-electron chi connectivity index (χ3n) is 4.64. The molecule has 0 bridgehead atoms. The van der Waals surface area contributed by atoms with Crippen molar-refractivity contribution in [2.75, 3.05) is 6.61 Å². The van der Waals surface area contributed by atoms with Crippen LogP contribution in [0.3, 0.4) is 0 Å². The van der Waals surface area contributed by atoms with Crippen molar-refractivity contribution in [2.45, 2.75) is 13.5 Å². The van der Waals surface area contributed by atoms with Crippen molar-refractivity contribution in [1.82, 2.24) is 5.32 Å². The third kappa shape index (κ3) is 6.67. The molecule has 174 valence electrons. The van der Waals surface area contributed by atoms with E-state index in [-0.39, 0.29) is 5.91 Å². The second kappa shape index (κ2) is 11.8. The number of carbonyl (C=O) groups is 1. The van der Waals surface area contributed by atoms with Crippen LogP contribution >= 0.6 is 68.5 Å². The van der Waals surface area contributed by atoms with Gasteiger partial charge in [-0.3, -0.25) is 4.79 Å². The Balaban J connectivity index is 1.46. The Morgan fingerprint density at radius 1 is 1.03 bits per heavy atom. The summed E-state index contributed by atoms with van der Waals surface area (Å²) < 4.78 is 13.4. The second-order valence-electron chi connectivity index (χ2n) is 7.14.